The Hall–Kier alpha value is -7.54. The molecule has 362 valence electrons. The number of epoxide rings is 1. The van der Waals surface area contributed by atoms with Gasteiger partial charge in [0.15, 0.2) is 35.1 Å². The molecule has 8 unspecified atom stereocenters. The molecule has 3 heterocycles. The number of carbonyl (C=O) groups excluding carboxylic acids is 6. The zero-order chi connectivity index (χ0) is 50.7. The average molecular weight is 953 g/mol. The van der Waals surface area contributed by atoms with Gasteiger partial charge in [0, 0.05) is 41.4 Å². The maximum Gasteiger partial charge on any atom is 0.347 e. The topological polar surface area (TPSA) is 300 Å². The third kappa shape index (κ3) is 6.71. The number of aromatic carboxylic acids is 1. The number of phenols is 2. The fourth-order valence-electron chi connectivity index (χ4n) is 12.5. The van der Waals surface area contributed by atoms with Crippen molar-refractivity contribution in [2.75, 3.05) is 0 Å². The lowest BCUT2D eigenvalue weighted by molar-refractivity contribution is -0.200. The van der Waals surface area contributed by atoms with Gasteiger partial charge in [-0.05, 0) is 88.3 Å². The van der Waals surface area contributed by atoms with Crippen LogP contribution in [0.4, 0.5) is 0 Å². The Bertz CT molecular complexity index is 2930. The van der Waals surface area contributed by atoms with E-state index >= 15 is 0 Å². The molecule has 69 heavy (non-hydrogen) atoms. The van der Waals surface area contributed by atoms with Crippen molar-refractivity contribution in [1.82, 2.24) is 0 Å². The quantitative estimate of drug-likeness (QED) is 0.0518. The van der Waals surface area contributed by atoms with Crippen LogP contribution >= 0.6 is 0 Å². The van der Waals surface area contributed by atoms with Gasteiger partial charge in [0.25, 0.3) is 0 Å². The van der Waals surface area contributed by atoms with E-state index in [0.29, 0.717) is 30.6 Å². The van der Waals surface area contributed by atoms with Gasteiger partial charge in [-0.1, -0.05) is 19.9 Å². The van der Waals surface area contributed by atoms with E-state index in [1.54, 1.807) is 38.5 Å². The van der Waals surface area contributed by atoms with Gasteiger partial charge in [0.05, 0.1) is 40.6 Å². The predicted octanol–water partition coefficient (Wildman–Crippen LogP) is 6.67. The Morgan fingerprint density at radius 2 is 1.64 bits per heavy atom. The predicted molar refractivity (Wildman–Crippen MR) is 234 cm³/mol. The molecule has 3 aromatic rings. The van der Waals surface area contributed by atoms with Crippen LogP contribution in [0.2, 0.25) is 0 Å². The minimum absolute atomic E-state index is 0.0453. The second kappa shape index (κ2) is 16.0. The van der Waals surface area contributed by atoms with Gasteiger partial charge in [0.1, 0.15) is 40.9 Å². The number of aliphatic carboxylic acids is 1. The summed E-state index contributed by atoms with van der Waals surface area (Å²) in [5.74, 6) is -9.75. The van der Waals surface area contributed by atoms with E-state index in [1.807, 2.05) is 19.9 Å². The van der Waals surface area contributed by atoms with Crippen molar-refractivity contribution in [2.24, 2.45) is 27.6 Å². The molecule has 6 aliphatic rings. The number of furan rings is 1. The number of ketones is 2. The third-order valence-corrected chi connectivity index (χ3v) is 15.2. The lowest BCUT2D eigenvalue weighted by Crippen LogP contribution is -2.70. The number of esters is 3. The van der Waals surface area contributed by atoms with Crippen molar-refractivity contribution < 1.29 is 92.0 Å². The number of fused-ring (bicyclic) bond motifs is 5. The van der Waals surface area contributed by atoms with Gasteiger partial charge >= 0.3 is 29.8 Å². The largest absolute Gasteiger partial charge is 0.507 e. The van der Waals surface area contributed by atoms with Gasteiger partial charge in [0.2, 0.25) is 5.78 Å². The van der Waals surface area contributed by atoms with Crippen LogP contribution in [0, 0.1) is 41.4 Å². The summed E-state index contributed by atoms with van der Waals surface area (Å²) in [6.07, 6.45) is 8.48. The Balaban J connectivity index is 0.000000186. The number of hydrogen-bond acceptors (Lipinski definition) is 17. The van der Waals surface area contributed by atoms with E-state index < -0.39 is 121 Å². The van der Waals surface area contributed by atoms with Gasteiger partial charge in [-0.25, -0.2) is 19.2 Å². The summed E-state index contributed by atoms with van der Waals surface area (Å²) in [6, 6.07) is 3.08. The number of hydrogen-bond donors (Lipinski definition) is 5. The monoisotopic (exact) mass is 952 g/mol. The minimum Gasteiger partial charge on any atom is -0.507 e. The van der Waals surface area contributed by atoms with Crippen molar-refractivity contribution in [1.29, 1.82) is 0 Å². The molecular formula is C50H48O19. The van der Waals surface area contributed by atoms with E-state index in [0.717, 1.165) is 11.6 Å². The number of aldehydes is 1. The summed E-state index contributed by atoms with van der Waals surface area (Å²) in [4.78, 5) is 98.2. The van der Waals surface area contributed by atoms with Gasteiger partial charge in [-0.3, -0.25) is 19.2 Å². The molecule has 1 saturated heterocycles. The molecule has 2 aromatic carbocycles. The summed E-state index contributed by atoms with van der Waals surface area (Å²) < 4.78 is 33.8. The van der Waals surface area contributed by atoms with Crippen LogP contribution in [0.1, 0.15) is 114 Å². The highest BCUT2D eigenvalue weighted by atomic mass is 16.6. The Morgan fingerprint density at radius 1 is 0.942 bits per heavy atom. The first-order valence-corrected chi connectivity index (χ1v) is 21.7. The van der Waals surface area contributed by atoms with E-state index in [4.69, 9.17) is 33.2 Å². The minimum atomic E-state index is -1.60. The molecule has 19 nitrogen and oxygen atoms in total. The first kappa shape index (κ1) is 47.9. The zero-order valence-corrected chi connectivity index (χ0v) is 38.6. The van der Waals surface area contributed by atoms with Crippen LogP contribution in [0.3, 0.4) is 0 Å². The zero-order valence-electron chi connectivity index (χ0n) is 38.6. The number of carbonyl (C=O) groups is 8. The number of benzene rings is 2. The summed E-state index contributed by atoms with van der Waals surface area (Å²) in [5, 5.41) is 50.4. The first-order chi connectivity index (χ1) is 32.2. The molecule has 1 aromatic heterocycles. The fraction of sp³-hybridized carbons (Fsp3) is 0.400. The number of aromatic hydroxyl groups is 2. The number of phenolic OH excluding ortho intramolecular Hbond substituents is 1. The molecule has 2 aliphatic heterocycles. The Labute approximate surface area is 392 Å². The normalized spacial score (nSPS) is 29.8. The molecule has 0 bridgehead atoms. The maximum atomic E-state index is 14.3. The van der Waals surface area contributed by atoms with Crippen LogP contribution in [0.25, 0.3) is 0 Å². The molecular weight excluding hydrogens is 905 g/mol. The summed E-state index contributed by atoms with van der Waals surface area (Å²) >= 11 is 0. The summed E-state index contributed by atoms with van der Waals surface area (Å²) in [5.41, 5.74) is -4.86. The van der Waals surface area contributed by atoms with Crippen molar-refractivity contribution in [3.05, 3.63) is 99.2 Å². The van der Waals surface area contributed by atoms with E-state index in [2.05, 4.69) is 6.92 Å². The van der Waals surface area contributed by atoms with E-state index in [-0.39, 0.29) is 52.3 Å². The van der Waals surface area contributed by atoms with Crippen molar-refractivity contribution in [3.8, 4) is 28.7 Å². The molecule has 8 atom stereocenters. The molecule has 1 spiro atoms. The van der Waals surface area contributed by atoms with Crippen LogP contribution in [-0.4, -0.2) is 91.0 Å². The number of rotatable bonds is 8. The van der Waals surface area contributed by atoms with Gasteiger partial charge in [-0.15, -0.1) is 0 Å². The fourth-order valence-corrected chi connectivity index (χ4v) is 12.5. The highest BCUT2D eigenvalue weighted by Gasteiger charge is 2.89. The number of Topliss-reactive ketones (excluding diaryl/α,β-unsaturated/α-hetero) is 1. The molecule has 0 radical (unpaired) electrons. The third-order valence-electron chi connectivity index (χ3n) is 15.2. The smallest absolute Gasteiger partial charge is 0.347 e. The average Bonchev–Trinajstić information content (AvgIpc) is 3.69. The molecule has 19 heteroatoms. The van der Waals surface area contributed by atoms with Crippen molar-refractivity contribution in [3.63, 3.8) is 0 Å². The van der Waals surface area contributed by atoms with Crippen molar-refractivity contribution >= 4 is 47.7 Å². The number of carboxylic acids is 2. The number of carboxylic acid groups (broad SMARTS) is 2. The maximum absolute atomic E-state index is 14.3. The molecule has 3 fully saturated rings. The number of allylic oxidation sites excluding steroid dienone is 4. The van der Waals surface area contributed by atoms with Crippen LogP contribution in [-0.2, 0) is 44.8 Å². The SMILES string of the molecule is CC(=O)OC1CC2(C)C(c3ccoc3)CC3OC32C2(C)C(=O)C(O)=C3C(C)(C)C(=O)C=CC3(C)C12.Cc1cc(O)c(C=O)c2c1C(=O)Oc1c(COC(=O)C=CC(=O)O)c(O)c(C(=O)O)c(C)c1O2. The standard InChI is InChI=1S/C28H32O7.C22H16O12/c1-14(29)34-17-12-26(5)16(15-8-10-33-13-15)11-19-28(26,35-19)27(6)21(17)25(4)9-7-18(30)24(2,3)22(25)20(31)23(27)32;1-8-5-12(24)10(6-23)19-15(8)22(31)34-20-11(7-32-14(27)4-3-13(25)26)17(28)16(21(29)30)9(2)18(20)33-19/h7-10,13,16-17,19,21,31H,11-12H2,1-6H3;3-6,24,28H,7H2,1-2H3,(H,25,26)(H,29,30). The number of aliphatic hydroxyl groups excluding tert-OH is 1. The summed E-state index contributed by atoms with van der Waals surface area (Å²) in [7, 11) is 0. The van der Waals surface area contributed by atoms with Crippen LogP contribution < -0.4 is 9.47 Å². The van der Waals surface area contributed by atoms with Gasteiger partial charge < -0.3 is 53.6 Å². The number of ether oxygens (including phenoxy) is 5. The Morgan fingerprint density at radius 3 is 2.25 bits per heavy atom. The lowest BCUT2D eigenvalue weighted by atomic mass is 9.38. The van der Waals surface area contributed by atoms with E-state index in [9.17, 15) is 58.8 Å². The number of aryl methyl sites for hydroxylation is 1. The van der Waals surface area contributed by atoms with E-state index in [1.165, 1.54) is 20.8 Å². The second-order valence-electron chi connectivity index (χ2n) is 19.3. The lowest BCUT2D eigenvalue weighted by Gasteiger charge is -2.64. The molecule has 9 rings (SSSR count). The Kier molecular flexibility index (Phi) is 11.1. The highest BCUT2D eigenvalue weighted by Crippen LogP contribution is 2.81. The molecule has 2 saturated carbocycles. The summed E-state index contributed by atoms with van der Waals surface area (Å²) in [6.45, 7) is 12.6. The van der Waals surface area contributed by atoms with Crippen LogP contribution in [0.5, 0.6) is 28.7 Å². The van der Waals surface area contributed by atoms with Crippen molar-refractivity contribution in [2.45, 2.75) is 98.6 Å². The van der Waals surface area contributed by atoms with Crippen LogP contribution in [0.15, 0.2) is 64.7 Å². The second-order valence-corrected chi connectivity index (χ2v) is 19.3. The molecule has 4 aliphatic carbocycles. The molecule has 5 N–H and O–H groups in total. The number of aliphatic hydroxyl groups is 1. The first-order valence-electron chi connectivity index (χ1n) is 21.7. The van der Waals surface area contributed by atoms with Gasteiger partial charge in [-0.2, -0.15) is 0 Å². The molecule has 0 amide bonds. The highest BCUT2D eigenvalue weighted by molar-refractivity contribution is 6.07.